The Labute approximate surface area is 142 Å². The minimum absolute atomic E-state index is 0.159. The third kappa shape index (κ3) is 8.27. The van der Waals surface area contributed by atoms with Gasteiger partial charge in [0.2, 0.25) is 0 Å². The Morgan fingerprint density at radius 1 is 1.35 bits per heavy atom. The van der Waals surface area contributed by atoms with Crippen LogP contribution in [0, 0.1) is 11.8 Å². The van der Waals surface area contributed by atoms with Crippen molar-refractivity contribution in [1.29, 1.82) is 0 Å². The Morgan fingerprint density at radius 2 is 2.09 bits per heavy atom. The van der Waals surface area contributed by atoms with Crippen LogP contribution in [0.4, 0.5) is 4.79 Å². The molecule has 0 aromatic rings. The maximum Gasteiger partial charge on any atom is 0.410 e. The summed E-state index contributed by atoms with van der Waals surface area (Å²) in [5.74, 6) is 5.99. The third-order valence-electron chi connectivity index (χ3n) is 4.05. The van der Waals surface area contributed by atoms with Gasteiger partial charge in [-0.2, -0.15) is 0 Å². The highest BCUT2D eigenvalue weighted by Crippen LogP contribution is 2.23. The minimum Gasteiger partial charge on any atom is -0.444 e. The molecule has 1 fully saturated rings. The summed E-state index contributed by atoms with van der Waals surface area (Å²) in [5.41, 5.74) is -0.434. The van der Waals surface area contributed by atoms with E-state index in [1.807, 2.05) is 32.6 Å². The lowest BCUT2D eigenvalue weighted by Crippen LogP contribution is -2.45. The molecule has 1 amide bonds. The maximum atomic E-state index is 12.5. The summed E-state index contributed by atoms with van der Waals surface area (Å²) in [6.45, 7) is 11.6. The topological polar surface area (TPSA) is 41.6 Å². The molecule has 23 heavy (non-hydrogen) atoms. The number of nitrogens with zero attached hydrogens (tertiary/aromatic N) is 1. The highest BCUT2D eigenvalue weighted by Gasteiger charge is 2.30. The number of amides is 1. The van der Waals surface area contributed by atoms with E-state index in [-0.39, 0.29) is 12.1 Å². The average molecular weight is 322 g/mol. The normalized spacial score (nSPS) is 20.2. The predicted molar refractivity (Wildman–Crippen MR) is 95.3 cm³/mol. The van der Waals surface area contributed by atoms with Crippen molar-refractivity contribution in [2.45, 2.75) is 90.8 Å². The summed E-state index contributed by atoms with van der Waals surface area (Å²) in [6, 6.07) is 0.647. The number of rotatable bonds is 5. The molecule has 0 aromatic carbocycles. The molecule has 1 heterocycles. The Bertz CT molecular complexity index is 417. The zero-order valence-electron chi connectivity index (χ0n) is 15.6. The number of ether oxygens (including phenoxy) is 1. The average Bonchev–Trinajstić information content (AvgIpc) is 2.67. The van der Waals surface area contributed by atoms with Gasteiger partial charge in [-0.3, -0.25) is 0 Å². The van der Waals surface area contributed by atoms with E-state index in [0.29, 0.717) is 6.04 Å². The van der Waals surface area contributed by atoms with Gasteiger partial charge in [-0.05, 0) is 53.9 Å². The van der Waals surface area contributed by atoms with Crippen molar-refractivity contribution in [3.05, 3.63) is 0 Å². The fourth-order valence-corrected chi connectivity index (χ4v) is 2.98. The lowest BCUT2D eigenvalue weighted by molar-refractivity contribution is 0.0150. The van der Waals surface area contributed by atoms with Crippen molar-refractivity contribution in [3.8, 4) is 11.8 Å². The number of nitrogens with one attached hydrogen (secondary N) is 1. The van der Waals surface area contributed by atoms with Crippen molar-refractivity contribution < 1.29 is 9.53 Å². The van der Waals surface area contributed by atoms with E-state index >= 15 is 0 Å². The standard InChI is InChI=1S/C19H34N2O2/c1-6-7-10-13-20-16(2)15-17-12-9-8-11-14-21(17)18(22)23-19(3,4)5/h16-17,20H,8-15H2,1-5H3. The molecule has 0 bridgehead atoms. The summed E-state index contributed by atoms with van der Waals surface area (Å²) >= 11 is 0. The van der Waals surface area contributed by atoms with Gasteiger partial charge in [0.25, 0.3) is 0 Å². The lowest BCUT2D eigenvalue weighted by atomic mass is 10.0. The lowest BCUT2D eigenvalue weighted by Gasteiger charge is -2.33. The van der Waals surface area contributed by atoms with E-state index in [2.05, 4.69) is 24.1 Å². The zero-order valence-corrected chi connectivity index (χ0v) is 15.6. The van der Waals surface area contributed by atoms with E-state index < -0.39 is 5.60 Å². The summed E-state index contributed by atoms with van der Waals surface area (Å²) in [6.07, 6.45) is 6.22. The first-order chi connectivity index (χ1) is 10.8. The first kappa shape index (κ1) is 19.8. The summed E-state index contributed by atoms with van der Waals surface area (Å²) < 4.78 is 5.61. The number of carbonyl (C=O) groups is 1. The van der Waals surface area contributed by atoms with Crippen LogP contribution in [0.5, 0.6) is 0 Å². The van der Waals surface area contributed by atoms with Gasteiger partial charge in [0.1, 0.15) is 5.60 Å². The second kappa shape index (κ2) is 9.82. The van der Waals surface area contributed by atoms with Gasteiger partial charge in [-0.1, -0.05) is 12.8 Å². The molecule has 1 N–H and O–H groups in total. The molecule has 1 aliphatic rings. The number of likely N-dealkylation sites (tertiary alicyclic amines) is 1. The predicted octanol–water partition coefficient (Wildman–Crippen LogP) is 3.95. The first-order valence-electron chi connectivity index (χ1n) is 8.96. The van der Waals surface area contributed by atoms with Gasteiger partial charge in [-0.25, -0.2) is 4.79 Å². The van der Waals surface area contributed by atoms with Crippen LogP contribution in [-0.2, 0) is 4.74 Å². The zero-order chi connectivity index (χ0) is 17.3. The molecule has 0 aliphatic carbocycles. The minimum atomic E-state index is -0.434. The second-order valence-corrected chi connectivity index (χ2v) is 7.44. The van der Waals surface area contributed by atoms with Crippen LogP contribution >= 0.6 is 0 Å². The monoisotopic (exact) mass is 322 g/mol. The van der Waals surface area contributed by atoms with Crippen molar-refractivity contribution in [1.82, 2.24) is 10.2 Å². The Hall–Kier alpha value is -1.21. The van der Waals surface area contributed by atoms with Gasteiger partial charge >= 0.3 is 6.09 Å². The Morgan fingerprint density at radius 3 is 2.74 bits per heavy atom. The molecule has 0 spiro atoms. The summed E-state index contributed by atoms with van der Waals surface area (Å²) in [7, 11) is 0. The van der Waals surface area contributed by atoms with E-state index in [1.54, 1.807) is 0 Å². The number of hydrogen-bond acceptors (Lipinski definition) is 3. The fraction of sp³-hybridized carbons (Fsp3) is 0.842. The number of carbonyl (C=O) groups excluding carboxylic acids is 1. The molecule has 2 unspecified atom stereocenters. The van der Waals surface area contributed by atoms with Gasteiger partial charge in [0.15, 0.2) is 0 Å². The molecule has 0 aromatic heterocycles. The Kier molecular flexibility index (Phi) is 8.47. The van der Waals surface area contributed by atoms with Crippen LogP contribution in [0.25, 0.3) is 0 Å². The van der Waals surface area contributed by atoms with E-state index in [4.69, 9.17) is 4.74 Å². The van der Waals surface area contributed by atoms with Crippen LogP contribution in [-0.4, -0.2) is 41.8 Å². The summed E-state index contributed by atoms with van der Waals surface area (Å²) in [4.78, 5) is 14.5. The molecule has 132 valence electrons. The maximum absolute atomic E-state index is 12.5. The molecule has 1 saturated heterocycles. The molecule has 2 atom stereocenters. The molecule has 0 radical (unpaired) electrons. The third-order valence-corrected chi connectivity index (χ3v) is 4.05. The van der Waals surface area contributed by atoms with Crippen molar-refractivity contribution in [2.75, 3.05) is 13.1 Å². The number of hydrogen-bond donors (Lipinski definition) is 1. The SMILES string of the molecule is CC#CCCNC(C)CC1CCCCCN1C(=O)OC(C)(C)C. The van der Waals surface area contributed by atoms with Gasteiger partial charge in [-0.15, -0.1) is 11.8 Å². The fourth-order valence-electron chi connectivity index (χ4n) is 2.98. The molecule has 1 rings (SSSR count). The molecular formula is C19H34N2O2. The highest BCUT2D eigenvalue weighted by atomic mass is 16.6. The van der Waals surface area contributed by atoms with Crippen LogP contribution < -0.4 is 5.32 Å². The Balaban J connectivity index is 2.58. The van der Waals surface area contributed by atoms with E-state index in [0.717, 1.165) is 38.8 Å². The quantitative estimate of drug-likeness (QED) is 0.615. The smallest absolute Gasteiger partial charge is 0.410 e. The van der Waals surface area contributed by atoms with Crippen molar-refractivity contribution in [2.24, 2.45) is 0 Å². The van der Waals surface area contributed by atoms with E-state index in [9.17, 15) is 4.79 Å². The highest BCUT2D eigenvalue weighted by molar-refractivity contribution is 5.68. The van der Waals surface area contributed by atoms with Crippen molar-refractivity contribution >= 4 is 6.09 Å². The molecule has 1 aliphatic heterocycles. The van der Waals surface area contributed by atoms with Gasteiger partial charge in [0, 0.05) is 31.6 Å². The van der Waals surface area contributed by atoms with Gasteiger partial charge < -0.3 is 15.0 Å². The second-order valence-electron chi connectivity index (χ2n) is 7.44. The molecule has 0 saturated carbocycles. The summed E-state index contributed by atoms with van der Waals surface area (Å²) in [5, 5.41) is 3.51. The molecule has 4 nitrogen and oxygen atoms in total. The molecular weight excluding hydrogens is 288 g/mol. The largest absolute Gasteiger partial charge is 0.444 e. The first-order valence-corrected chi connectivity index (χ1v) is 8.96. The van der Waals surface area contributed by atoms with Crippen LogP contribution in [0.3, 0.4) is 0 Å². The van der Waals surface area contributed by atoms with Gasteiger partial charge in [0.05, 0.1) is 0 Å². The van der Waals surface area contributed by atoms with Crippen LogP contribution in [0.2, 0.25) is 0 Å². The van der Waals surface area contributed by atoms with Crippen molar-refractivity contribution in [3.63, 3.8) is 0 Å². The van der Waals surface area contributed by atoms with E-state index in [1.165, 1.54) is 12.8 Å². The molecule has 4 heteroatoms. The van der Waals surface area contributed by atoms with Crippen LogP contribution in [0.1, 0.15) is 73.1 Å². The van der Waals surface area contributed by atoms with Crippen LogP contribution in [0.15, 0.2) is 0 Å².